The average molecular weight is 244 g/mol. The van der Waals surface area contributed by atoms with Gasteiger partial charge in [-0.1, -0.05) is 19.4 Å². The van der Waals surface area contributed by atoms with Crippen LogP contribution in [0.5, 0.6) is 0 Å². The molecule has 3 heteroatoms. The number of hydrogen-bond donors (Lipinski definition) is 1. The maximum atomic E-state index is 5.84. The van der Waals surface area contributed by atoms with Crippen molar-refractivity contribution < 1.29 is 4.74 Å². The van der Waals surface area contributed by atoms with Crippen molar-refractivity contribution in [3.8, 4) is 0 Å². The number of nitrogens with zero attached hydrogens (tertiary/aromatic N) is 1. The molecule has 1 heterocycles. The Hall–Kier alpha value is -1.77. The molecule has 18 heavy (non-hydrogen) atoms. The molecule has 0 spiro atoms. The highest BCUT2D eigenvalue weighted by atomic mass is 16.5. The standard InChI is InChI=1S/C15H20N2O/c1-2-3-10-18-15-7-5-4-6-13(15)14-9-8-12(16)11-17-14/h6-9,11H,2-5,10,16H2,1H3. The summed E-state index contributed by atoms with van der Waals surface area (Å²) in [4.78, 5) is 4.37. The van der Waals surface area contributed by atoms with Crippen molar-refractivity contribution >= 4 is 11.3 Å². The van der Waals surface area contributed by atoms with Crippen LogP contribution in [-0.4, -0.2) is 11.6 Å². The Labute approximate surface area is 108 Å². The number of unbranched alkanes of at least 4 members (excludes halogenated alkanes) is 1. The monoisotopic (exact) mass is 244 g/mol. The van der Waals surface area contributed by atoms with Crippen molar-refractivity contribution in [3.05, 3.63) is 41.9 Å². The number of anilines is 1. The van der Waals surface area contributed by atoms with Crippen LogP contribution in [0.15, 0.2) is 36.2 Å². The van der Waals surface area contributed by atoms with Crippen molar-refractivity contribution in [2.24, 2.45) is 0 Å². The number of allylic oxidation sites excluding steroid dienone is 3. The summed E-state index contributed by atoms with van der Waals surface area (Å²) in [7, 11) is 0. The number of ether oxygens (including phenoxy) is 1. The second-order valence-electron chi connectivity index (χ2n) is 4.44. The Morgan fingerprint density at radius 2 is 2.11 bits per heavy atom. The molecule has 1 aromatic heterocycles. The summed E-state index contributed by atoms with van der Waals surface area (Å²) in [5.74, 6) is 0.965. The Bertz CT molecular complexity index is 446. The fourth-order valence-corrected chi connectivity index (χ4v) is 1.91. The van der Waals surface area contributed by atoms with Gasteiger partial charge in [-0.05, 0) is 37.5 Å². The molecule has 96 valence electrons. The van der Waals surface area contributed by atoms with Crippen LogP contribution in [0.1, 0.15) is 38.3 Å². The first kappa shape index (κ1) is 12.7. The first-order valence-electron chi connectivity index (χ1n) is 6.56. The van der Waals surface area contributed by atoms with Gasteiger partial charge < -0.3 is 10.5 Å². The van der Waals surface area contributed by atoms with Gasteiger partial charge in [-0.2, -0.15) is 0 Å². The molecule has 0 aromatic carbocycles. The third-order valence-corrected chi connectivity index (χ3v) is 2.93. The predicted molar refractivity (Wildman–Crippen MR) is 74.8 cm³/mol. The van der Waals surface area contributed by atoms with E-state index >= 15 is 0 Å². The summed E-state index contributed by atoms with van der Waals surface area (Å²) in [6.07, 6.45) is 10.4. The molecule has 0 saturated heterocycles. The van der Waals surface area contributed by atoms with Gasteiger partial charge in [0, 0.05) is 5.57 Å². The van der Waals surface area contributed by atoms with Gasteiger partial charge in [0.1, 0.15) is 5.76 Å². The van der Waals surface area contributed by atoms with Gasteiger partial charge >= 0.3 is 0 Å². The molecule has 0 fully saturated rings. The molecule has 1 aliphatic rings. The van der Waals surface area contributed by atoms with Crippen molar-refractivity contribution in [3.63, 3.8) is 0 Å². The van der Waals surface area contributed by atoms with Crippen molar-refractivity contribution in [1.82, 2.24) is 4.98 Å². The minimum absolute atomic E-state index is 0.688. The molecular weight excluding hydrogens is 224 g/mol. The summed E-state index contributed by atoms with van der Waals surface area (Å²) in [6.45, 7) is 2.94. The number of nitrogens with two attached hydrogens (primary N) is 1. The minimum Gasteiger partial charge on any atom is -0.493 e. The second kappa shape index (κ2) is 6.24. The molecule has 0 atom stereocenters. The molecule has 0 radical (unpaired) electrons. The molecule has 2 rings (SSSR count). The number of aromatic nitrogens is 1. The molecule has 0 bridgehead atoms. The zero-order valence-corrected chi connectivity index (χ0v) is 10.9. The zero-order valence-electron chi connectivity index (χ0n) is 10.9. The van der Waals surface area contributed by atoms with Gasteiger partial charge in [0.15, 0.2) is 0 Å². The van der Waals surface area contributed by atoms with E-state index < -0.39 is 0 Å². The minimum atomic E-state index is 0.688. The molecule has 2 N–H and O–H groups in total. The van der Waals surface area contributed by atoms with Crippen molar-refractivity contribution in [2.45, 2.75) is 32.6 Å². The third kappa shape index (κ3) is 3.13. The van der Waals surface area contributed by atoms with E-state index in [1.165, 1.54) is 0 Å². The van der Waals surface area contributed by atoms with Crippen LogP contribution in [0.2, 0.25) is 0 Å². The summed E-state index contributed by atoms with van der Waals surface area (Å²) in [6, 6.07) is 3.82. The Kier molecular flexibility index (Phi) is 4.40. The number of rotatable bonds is 5. The van der Waals surface area contributed by atoms with Crippen molar-refractivity contribution in [2.75, 3.05) is 12.3 Å². The summed E-state index contributed by atoms with van der Waals surface area (Å²) in [5.41, 5.74) is 8.38. The Balaban J connectivity index is 2.11. The van der Waals surface area contributed by atoms with Crippen LogP contribution in [0.3, 0.4) is 0 Å². The highest BCUT2D eigenvalue weighted by Gasteiger charge is 2.13. The predicted octanol–water partition coefficient (Wildman–Crippen LogP) is 3.54. The molecular formula is C15H20N2O. The fraction of sp³-hybridized carbons (Fsp3) is 0.400. The average Bonchev–Trinajstić information content (AvgIpc) is 2.41. The lowest BCUT2D eigenvalue weighted by molar-refractivity contribution is 0.220. The summed E-state index contributed by atoms with van der Waals surface area (Å²) in [5, 5.41) is 0. The molecule has 0 amide bonds. The highest BCUT2D eigenvalue weighted by molar-refractivity contribution is 5.76. The van der Waals surface area contributed by atoms with Gasteiger partial charge in [-0.3, -0.25) is 4.98 Å². The van der Waals surface area contributed by atoms with Crippen LogP contribution in [0.25, 0.3) is 5.57 Å². The molecule has 0 aliphatic heterocycles. The van der Waals surface area contributed by atoms with Crippen LogP contribution in [-0.2, 0) is 4.74 Å². The number of hydrogen-bond acceptors (Lipinski definition) is 3. The quantitative estimate of drug-likeness (QED) is 0.806. The van der Waals surface area contributed by atoms with Crippen LogP contribution < -0.4 is 5.73 Å². The largest absolute Gasteiger partial charge is 0.493 e. The highest BCUT2D eigenvalue weighted by Crippen LogP contribution is 2.28. The van der Waals surface area contributed by atoms with Crippen LogP contribution in [0.4, 0.5) is 5.69 Å². The molecule has 1 aromatic rings. The van der Waals surface area contributed by atoms with E-state index in [1.54, 1.807) is 6.20 Å². The molecule has 1 aliphatic carbocycles. The van der Waals surface area contributed by atoms with E-state index in [4.69, 9.17) is 10.5 Å². The number of pyridine rings is 1. The Morgan fingerprint density at radius 3 is 2.83 bits per heavy atom. The van der Waals surface area contributed by atoms with E-state index in [0.29, 0.717) is 5.69 Å². The summed E-state index contributed by atoms with van der Waals surface area (Å²) < 4.78 is 5.84. The van der Waals surface area contributed by atoms with Gasteiger partial charge in [-0.15, -0.1) is 0 Å². The lowest BCUT2D eigenvalue weighted by Gasteiger charge is -2.17. The summed E-state index contributed by atoms with van der Waals surface area (Å²) >= 11 is 0. The van der Waals surface area contributed by atoms with E-state index in [1.807, 2.05) is 12.1 Å². The first-order valence-corrected chi connectivity index (χ1v) is 6.56. The third-order valence-electron chi connectivity index (χ3n) is 2.93. The maximum absolute atomic E-state index is 5.84. The van der Waals surface area contributed by atoms with E-state index in [2.05, 4.69) is 24.1 Å². The molecule has 3 nitrogen and oxygen atoms in total. The lowest BCUT2D eigenvalue weighted by atomic mass is 10.0. The van der Waals surface area contributed by atoms with Gasteiger partial charge in [0.2, 0.25) is 0 Å². The SMILES string of the molecule is CCCCOC1=CCCC=C1c1ccc(N)cn1. The van der Waals surface area contributed by atoms with Gasteiger partial charge in [-0.25, -0.2) is 0 Å². The van der Waals surface area contributed by atoms with Gasteiger partial charge in [0.05, 0.1) is 24.2 Å². The topological polar surface area (TPSA) is 48.1 Å². The van der Waals surface area contributed by atoms with Crippen LogP contribution in [0, 0.1) is 0 Å². The van der Waals surface area contributed by atoms with E-state index in [0.717, 1.165) is 49.3 Å². The molecule has 0 saturated carbocycles. The maximum Gasteiger partial charge on any atom is 0.124 e. The fourth-order valence-electron chi connectivity index (χ4n) is 1.91. The van der Waals surface area contributed by atoms with Crippen LogP contribution >= 0.6 is 0 Å². The smallest absolute Gasteiger partial charge is 0.124 e. The Morgan fingerprint density at radius 1 is 1.28 bits per heavy atom. The first-order chi connectivity index (χ1) is 8.81. The number of nitrogen functional groups attached to an aromatic ring is 1. The van der Waals surface area contributed by atoms with Gasteiger partial charge in [0.25, 0.3) is 0 Å². The zero-order chi connectivity index (χ0) is 12.8. The van der Waals surface area contributed by atoms with E-state index in [-0.39, 0.29) is 0 Å². The normalized spacial score (nSPS) is 14.9. The second-order valence-corrected chi connectivity index (χ2v) is 4.44. The lowest BCUT2D eigenvalue weighted by Crippen LogP contribution is -2.03. The van der Waals surface area contributed by atoms with E-state index in [9.17, 15) is 0 Å². The van der Waals surface area contributed by atoms with Crippen molar-refractivity contribution in [1.29, 1.82) is 0 Å². The molecule has 0 unspecified atom stereocenters.